The molecule has 0 aliphatic rings. The molecule has 0 atom stereocenters. The van der Waals surface area contributed by atoms with Crippen molar-refractivity contribution >= 4 is 28.8 Å². The summed E-state index contributed by atoms with van der Waals surface area (Å²) >= 11 is 7.26. The number of carbonyl (C=O) groups is 1. The Morgan fingerprint density at radius 2 is 2.25 bits per heavy atom. The minimum atomic E-state index is -0.0704. The van der Waals surface area contributed by atoms with Crippen molar-refractivity contribution in [3.8, 4) is 11.5 Å². The smallest absolute Gasteiger partial charge is 0.252 e. The number of halogens is 1. The summed E-state index contributed by atoms with van der Waals surface area (Å²) in [6.45, 7) is 1.01. The normalized spacial score (nSPS) is 10.2. The summed E-state index contributed by atoms with van der Waals surface area (Å²) in [4.78, 5) is 11.6. The predicted octanol–water partition coefficient (Wildman–Crippen LogP) is 3.31. The van der Waals surface area contributed by atoms with Gasteiger partial charge in [0.25, 0.3) is 5.91 Å². The zero-order chi connectivity index (χ0) is 14.4. The number of hydrogen-bond donors (Lipinski definition) is 2. The van der Waals surface area contributed by atoms with Gasteiger partial charge in [0.15, 0.2) is 0 Å². The number of nitrogens with one attached hydrogen (secondary N) is 1. The second kappa shape index (κ2) is 7.17. The van der Waals surface area contributed by atoms with E-state index in [1.165, 1.54) is 17.4 Å². The van der Waals surface area contributed by atoms with Crippen LogP contribution in [0.5, 0.6) is 11.5 Å². The van der Waals surface area contributed by atoms with Crippen molar-refractivity contribution in [3.63, 3.8) is 0 Å². The third-order valence-electron chi connectivity index (χ3n) is 2.58. The van der Waals surface area contributed by atoms with Crippen LogP contribution >= 0.6 is 22.9 Å². The van der Waals surface area contributed by atoms with Gasteiger partial charge in [0.1, 0.15) is 11.5 Å². The van der Waals surface area contributed by atoms with E-state index < -0.39 is 0 Å². The van der Waals surface area contributed by atoms with E-state index in [1.807, 2.05) is 10.8 Å². The summed E-state index contributed by atoms with van der Waals surface area (Å²) in [6.07, 6.45) is 0.689. The number of ether oxygens (including phenoxy) is 1. The highest BCUT2D eigenvalue weighted by Gasteiger charge is 2.04. The highest BCUT2D eigenvalue weighted by atomic mass is 35.5. The van der Waals surface area contributed by atoms with Crippen molar-refractivity contribution in [2.75, 3.05) is 13.2 Å². The molecule has 106 valence electrons. The average molecular weight is 312 g/mol. The Morgan fingerprint density at radius 1 is 1.40 bits per heavy atom. The van der Waals surface area contributed by atoms with Gasteiger partial charge < -0.3 is 15.2 Å². The van der Waals surface area contributed by atoms with Crippen LogP contribution in [0.1, 0.15) is 16.8 Å². The number of thiophene rings is 1. The Kier molecular flexibility index (Phi) is 5.26. The van der Waals surface area contributed by atoms with Gasteiger partial charge in [-0.05, 0) is 30.0 Å². The van der Waals surface area contributed by atoms with E-state index in [4.69, 9.17) is 16.3 Å². The molecule has 6 heteroatoms. The molecule has 0 radical (unpaired) electrons. The first-order valence-electron chi connectivity index (χ1n) is 6.08. The van der Waals surface area contributed by atoms with E-state index in [9.17, 15) is 9.90 Å². The Morgan fingerprint density at radius 3 is 2.95 bits per heavy atom. The molecule has 0 unspecified atom stereocenters. The lowest BCUT2D eigenvalue weighted by atomic mass is 10.3. The summed E-state index contributed by atoms with van der Waals surface area (Å²) in [5.74, 6) is 0.554. The quantitative estimate of drug-likeness (QED) is 0.805. The standard InChI is InChI=1S/C14H14ClNO3S/c15-12-8-11(2-3-13(12)17)19-6-1-5-16-14(18)10-4-7-20-9-10/h2-4,7-9,17H,1,5-6H2,(H,16,18). The molecular formula is C14H14ClNO3S. The van der Waals surface area contributed by atoms with Gasteiger partial charge in [-0.15, -0.1) is 0 Å². The zero-order valence-electron chi connectivity index (χ0n) is 10.6. The van der Waals surface area contributed by atoms with Gasteiger partial charge in [-0.2, -0.15) is 11.3 Å². The first-order chi connectivity index (χ1) is 9.66. The maximum atomic E-state index is 11.6. The molecule has 2 aromatic rings. The van der Waals surface area contributed by atoms with E-state index >= 15 is 0 Å². The molecule has 0 fully saturated rings. The maximum absolute atomic E-state index is 11.6. The summed E-state index contributed by atoms with van der Waals surface area (Å²) in [6, 6.07) is 6.47. The Balaban J connectivity index is 1.66. The molecule has 0 spiro atoms. The van der Waals surface area contributed by atoms with Crippen LogP contribution in [0.25, 0.3) is 0 Å². The van der Waals surface area contributed by atoms with E-state index in [0.717, 1.165) is 0 Å². The molecule has 0 aliphatic carbocycles. The summed E-state index contributed by atoms with van der Waals surface area (Å²) in [5.41, 5.74) is 0.682. The minimum absolute atomic E-state index is 0.0297. The Labute approximate surface area is 126 Å². The van der Waals surface area contributed by atoms with Gasteiger partial charge in [0, 0.05) is 23.6 Å². The van der Waals surface area contributed by atoms with Crippen molar-refractivity contribution in [1.29, 1.82) is 0 Å². The average Bonchev–Trinajstić information content (AvgIpc) is 2.96. The van der Waals surface area contributed by atoms with Gasteiger partial charge in [-0.3, -0.25) is 4.79 Å². The lowest BCUT2D eigenvalue weighted by Crippen LogP contribution is -2.25. The molecule has 0 bridgehead atoms. The number of phenols is 1. The monoisotopic (exact) mass is 311 g/mol. The lowest BCUT2D eigenvalue weighted by Gasteiger charge is -2.07. The number of benzene rings is 1. The number of hydrogen-bond acceptors (Lipinski definition) is 4. The van der Waals surface area contributed by atoms with Crippen LogP contribution in [0.15, 0.2) is 35.0 Å². The summed E-state index contributed by atoms with van der Waals surface area (Å²) < 4.78 is 5.47. The molecule has 2 N–H and O–H groups in total. The van der Waals surface area contributed by atoms with Crippen LogP contribution in [-0.2, 0) is 0 Å². The van der Waals surface area contributed by atoms with Gasteiger partial charge in [-0.1, -0.05) is 11.6 Å². The van der Waals surface area contributed by atoms with Crippen molar-refractivity contribution in [1.82, 2.24) is 5.32 Å². The third-order valence-corrected chi connectivity index (χ3v) is 3.56. The van der Waals surface area contributed by atoms with Crippen molar-refractivity contribution in [3.05, 3.63) is 45.6 Å². The number of phenolic OH excluding ortho intramolecular Hbond substituents is 1. The van der Waals surface area contributed by atoms with Crippen molar-refractivity contribution < 1.29 is 14.6 Å². The number of carbonyl (C=O) groups excluding carboxylic acids is 1. The number of aromatic hydroxyl groups is 1. The Hall–Kier alpha value is -1.72. The summed E-state index contributed by atoms with van der Waals surface area (Å²) in [7, 11) is 0. The fourth-order valence-corrected chi connectivity index (χ4v) is 2.34. The number of rotatable bonds is 6. The van der Waals surface area contributed by atoms with Gasteiger partial charge in [0.2, 0.25) is 0 Å². The SMILES string of the molecule is O=C(NCCCOc1ccc(O)c(Cl)c1)c1ccsc1. The largest absolute Gasteiger partial charge is 0.506 e. The van der Waals surface area contributed by atoms with Crippen molar-refractivity contribution in [2.24, 2.45) is 0 Å². The molecule has 1 aromatic carbocycles. The predicted molar refractivity (Wildman–Crippen MR) is 79.9 cm³/mol. The highest BCUT2D eigenvalue weighted by Crippen LogP contribution is 2.27. The topological polar surface area (TPSA) is 58.6 Å². The van der Waals surface area contributed by atoms with E-state index in [0.29, 0.717) is 30.9 Å². The van der Waals surface area contributed by atoms with Crippen LogP contribution in [0.4, 0.5) is 0 Å². The molecule has 0 saturated heterocycles. The van der Waals surface area contributed by atoms with E-state index in [2.05, 4.69) is 5.32 Å². The fraction of sp³-hybridized carbons (Fsp3) is 0.214. The van der Waals surface area contributed by atoms with Crippen LogP contribution in [0, 0.1) is 0 Å². The maximum Gasteiger partial charge on any atom is 0.252 e. The van der Waals surface area contributed by atoms with Crippen molar-refractivity contribution in [2.45, 2.75) is 6.42 Å². The molecule has 0 aliphatic heterocycles. The van der Waals surface area contributed by atoms with Gasteiger partial charge in [0.05, 0.1) is 11.6 Å². The van der Waals surface area contributed by atoms with Crippen LogP contribution < -0.4 is 10.1 Å². The summed E-state index contributed by atoms with van der Waals surface area (Å²) in [5, 5.41) is 16.0. The van der Waals surface area contributed by atoms with Crippen LogP contribution in [0.2, 0.25) is 5.02 Å². The fourth-order valence-electron chi connectivity index (χ4n) is 1.54. The molecule has 20 heavy (non-hydrogen) atoms. The lowest BCUT2D eigenvalue weighted by molar-refractivity contribution is 0.0952. The van der Waals surface area contributed by atoms with Gasteiger partial charge >= 0.3 is 0 Å². The zero-order valence-corrected chi connectivity index (χ0v) is 12.2. The molecule has 2 rings (SSSR count). The molecule has 4 nitrogen and oxygen atoms in total. The molecule has 1 amide bonds. The first-order valence-corrected chi connectivity index (χ1v) is 7.40. The van der Waals surface area contributed by atoms with Gasteiger partial charge in [-0.25, -0.2) is 0 Å². The molecule has 0 saturated carbocycles. The number of amides is 1. The molecule has 1 aromatic heterocycles. The Bertz CT molecular complexity index is 572. The second-order valence-electron chi connectivity index (χ2n) is 4.08. The van der Waals surface area contributed by atoms with E-state index in [1.54, 1.807) is 18.2 Å². The molecule has 1 heterocycles. The van der Waals surface area contributed by atoms with Crippen LogP contribution in [-0.4, -0.2) is 24.2 Å². The molecular weight excluding hydrogens is 298 g/mol. The third kappa shape index (κ3) is 4.15. The highest BCUT2D eigenvalue weighted by molar-refractivity contribution is 7.08. The van der Waals surface area contributed by atoms with Crippen LogP contribution in [0.3, 0.4) is 0 Å². The second-order valence-corrected chi connectivity index (χ2v) is 5.27. The van der Waals surface area contributed by atoms with E-state index in [-0.39, 0.29) is 16.7 Å². The first kappa shape index (κ1) is 14.7. The minimum Gasteiger partial charge on any atom is -0.506 e.